The average Bonchev–Trinajstić information content (AvgIpc) is 2.21. The van der Waals surface area contributed by atoms with Crippen LogP contribution < -0.4 is 5.73 Å². The van der Waals surface area contributed by atoms with Gasteiger partial charge in [0.15, 0.2) is 0 Å². The van der Waals surface area contributed by atoms with Crippen LogP contribution in [-0.2, 0) is 6.54 Å². The Balaban J connectivity index is 2.73. The molecule has 0 saturated carbocycles. The van der Waals surface area contributed by atoms with E-state index >= 15 is 0 Å². The van der Waals surface area contributed by atoms with Crippen molar-refractivity contribution in [3.05, 3.63) is 23.8 Å². The molecule has 3 N–H and O–H groups in total. The maximum Gasteiger partial charge on any atom is 0.401 e. The number of benzene rings is 1. The highest BCUT2D eigenvalue weighted by Gasteiger charge is 2.30. The van der Waals surface area contributed by atoms with E-state index in [4.69, 9.17) is 5.73 Å². The highest BCUT2D eigenvalue weighted by molar-refractivity contribution is 5.53. The molecule has 1 aromatic rings. The minimum atomic E-state index is -4.21. The molecule has 1 aromatic carbocycles. The highest BCUT2D eigenvalue weighted by Crippen LogP contribution is 2.23. The molecular formula is C12H17F3N2O. The van der Waals surface area contributed by atoms with Crippen LogP contribution in [0.15, 0.2) is 18.2 Å². The van der Waals surface area contributed by atoms with Crippen LogP contribution in [-0.4, -0.2) is 29.3 Å². The first-order chi connectivity index (χ1) is 8.31. The predicted octanol–water partition coefficient (Wildman–Crippen LogP) is 2.75. The van der Waals surface area contributed by atoms with Gasteiger partial charge in [0.2, 0.25) is 0 Å². The van der Waals surface area contributed by atoms with Gasteiger partial charge in [0.25, 0.3) is 0 Å². The summed E-state index contributed by atoms with van der Waals surface area (Å²) in [6.45, 7) is 1.41. The van der Waals surface area contributed by atoms with Crippen molar-refractivity contribution in [2.24, 2.45) is 0 Å². The Bertz CT molecular complexity index is 393. The monoisotopic (exact) mass is 262 g/mol. The van der Waals surface area contributed by atoms with Gasteiger partial charge in [-0.05, 0) is 30.7 Å². The lowest BCUT2D eigenvalue weighted by Crippen LogP contribution is -2.34. The molecule has 0 unspecified atom stereocenters. The lowest BCUT2D eigenvalue weighted by Gasteiger charge is -2.23. The Labute approximate surface area is 104 Å². The van der Waals surface area contributed by atoms with E-state index in [9.17, 15) is 18.3 Å². The number of nitrogens with zero attached hydrogens (tertiary/aromatic N) is 1. The molecule has 0 radical (unpaired) electrons. The average molecular weight is 262 g/mol. The van der Waals surface area contributed by atoms with Crippen molar-refractivity contribution in [1.82, 2.24) is 4.90 Å². The van der Waals surface area contributed by atoms with Gasteiger partial charge in [-0.25, -0.2) is 0 Å². The molecule has 0 heterocycles. The van der Waals surface area contributed by atoms with Crippen LogP contribution in [0.1, 0.15) is 18.9 Å². The van der Waals surface area contributed by atoms with Crippen molar-refractivity contribution < 1.29 is 18.3 Å². The number of anilines is 1. The van der Waals surface area contributed by atoms with Gasteiger partial charge in [-0.15, -0.1) is 0 Å². The van der Waals surface area contributed by atoms with E-state index < -0.39 is 12.7 Å². The SMILES string of the molecule is CCCN(Cc1ccc(O)c(N)c1)CC(F)(F)F. The lowest BCUT2D eigenvalue weighted by atomic mass is 10.1. The molecule has 0 aliphatic heterocycles. The number of rotatable bonds is 5. The molecule has 0 spiro atoms. The molecule has 0 aromatic heterocycles. The summed E-state index contributed by atoms with van der Waals surface area (Å²) in [4.78, 5) is 1.31. The summed E-state index contributed by atoms with van der Waals surface area (Å²) in [5, 5.41) is 9.25. The molecule has 3 nitrogen and oxygen atoms in total. The van der Waals surface area contributed by atoms with Gasteiger partial charge in [-0.3, -0.25) is 4.90 Å². The van der Waals surface area contributed by atoms with E-state index in [1.54, 1.807) is 6.07 Å². The van der Waals surface area contributed by atoms with Crippen LogP contribution in [0.4, 0.5) is 18.9 Å². The molecular weight excluding hydrogens is 245 g/mol. The first-order valence-electron chi connectivity index (χ1n) is 5.68. The zero-order valence-corrected chi connectivity index (χ0v) is 10.2. The normalized spacial score (nSPS) is 12.1. The summed E-state index contributed by atoms with van der Waals surface area (Å²) < 4.78 is 37.1. The number of hydrogen-bond donors (Lipinski definition) is 2. The Morgan fingerprint density at radius 2 is 2.00 bits per heavy atom. The molecule has 0 bridgehead atoms. The first kappa shape index (κ1) is 14.6. The summed E-state index contributed by atoms with van der Waals surface area (Å²) >= 11 is 0. The Morgan fingerprint density at radius 1 is 1.33 bits per heavy atom. The Hall–Kier alpha value is -1.43. The first-order valence-corrected chi connectivity index (χ1v) is 5.68. The number of phenols is 1. The molecule has 6 heteroatoms. The Morgan fingerprint density at radius 3 is 2.50 bits per heavy atom. The summed E-state index contributed by atoms with van der Waals surface area (Å²) in [6.07, 6.45) is -3.57. The number of alkyl halides is 3. The van der Waals surface area contributed by atoms with E-state index in [1.807, 2.05) is 6.92 Å². The van der Waals surface area contributed by atoms with Gasteiger partial charge < -0.3 is 10.8 Å². The minimum Gasteiger partial charge on any atom is -0.506 e. The highest BCUT2D eigenvalue weighted by atomic mass is 19.4. The zero-order chi connectivity index (χ0) is 13.8. The van der Waals surface area contributed by atoms with Crippen molar-refractivity contribution in [3.63, 3.8) is 0 Å². The maximum absolute atomic E-state index is 12.4. The van der Waals surface area contributed by atoms with Crippen LogP contribution in [0, 0.1) is 0 Å². The zero-order valence-electron chi connectivity index (χ0n) is 10.2. The molecule has 1 rings (SSSR count). The van der Waals surface area contributed by atoms with Crippen molar-refractivity contribution >= 4 is 5.69 Å². The van der Waals surface area contributed by atoms with Crippen molar-refractivity contribution in [2.45, 2.75) is 26.1 Å². The smallest absolute Gasteiger partial charge is 0.401 e. The van der Waals surface area contributed by atoms with Crippen molar-refractivity contribution in [2.75, 3.05) is 18.8 Å². The van der Waals surface area contributed by atoms with Crippen LogP contribution >= 0.6 is 0 Å². The van der Waals surface area contributed by atoms with E-state index in [0.29, 0.717) is 18.5 Å². The van der Waals surface area contributed by atoms with E-state index in [2.05, 4.69) is 0 Å². The van der Waals surface area contributed by atoms with Gasteiger partial charge in [-0.2, -0.15) is 13.2 Å². The topological polar surface area (TPSA) is 49.5 Å². The predicted molar refractivity (Wildman–Crippen MR) is 64.1 cm³/mol. The quantitative estimate of drug-likeness (QED) is 0.633. The van der Waals surface area contributed by atoms with Gasteiger partial charge in [-0.1, -0.05) is 13.0 Å². The number of aromatic hydroxyl groups is 1. The third kappa shape index (κ3) is 4.83. The van der Waals surface area contributed by atoms with Gasteiger partial charge in [0.1, 0.15) is 5.75 Å². The molecule has 0 aliphatic carbocycles. The summed E-state index contributed by atoms with van der Waals surface area (Å²) in [6, 6.07) is 4.46. The third-order valence-electron chi connectivity index (χ3n) is 2.44. The van der Waals surface area contributed by atoms with Crippen LogP contribution in [0.3, 0.4) is 0 Å². The summed E-state index contributed by atoms with van der Waals surface area (Å²) in [7, 11) is 0. The molecule has 18 heavy (non-hydrogen) atoms. The molecule has 0 saturated heterocycles. The largest absolute Gasteiger partial charge is 0.506 e. The number of hydrogen-bond acceptors (Lipinski definition) is 3. The molecule has 0 atom stereocenters. The van der Waals surface area contributed by atoms with Gasteiger partial charge in [0.05, 0.1) is 12.2 Å². The fraction of sp³-hybridized carbons (Fsp3) is 0.500. The minimum absolute atomic E-state index is 0.0587. The molecule has 0 aliphatic rings. The van der Waals surface area contributed by atoms with Crippen LogP contribution in [0.25, 0.3) is 0 Å². The van der Waals surface area contributed by atoms with Crippen molar-refractivity contribution in [1.29, 1.82) is 0 Å². The van der Waals surface area contributed by atoms with Crippen LogP contribution in [0.2, 0.25) is 0 Å². The number of nitrogen functional groups attached to an aromatic ring is 1. The van der Waals surface area contributed by atoms with Gasteiger partial charge >= 0.3 is 6.18 Å². The third-order valence-corrected chi connectivity index (χ3v) is 2.44. The molecule has 0 amide bonds. The number of phenolic OH excluding ortho intramolecular Hbond substituents is 1. The number of nitrogens with two attached hydrogens (primary N) is 1. The second-order valence-corrected chi connectivity index (χ2v) is 4.22. The van der Waals surface area contributed by atoms with Crippen LogP contribution in [0.5, 0.6) is 5.75 Å². The summed E-state index contributed by atoms with van der Waals surface area (Å²) in [5.41, 5.74) is 6.34. The molecule has 102 valence electrons. The van der Waals surface area contributed by atoms with E-state index in [1.165, 1.54) is 17.0 Å². The second kappa shape index (κ2) is 5.95. The standard InChI is InChI=1S/C12H17F3N2O/c1-2-5-17(8-12(13,14)15)7-9-3-4-11(18)10(16)6-9/h3-4,6,18H,2,5,7-8,16H2,1H3. The lowest BCUT2D eigenvalue weighted by molar-refractivity contribution is -0.147. The summed E-state index contributed by atoms with van der Waals surface area (Å²) in [5.74, 6) is -0.0587. The number of halogens is 3. The van der Waals surface area contributed by atoms with Gasteiger partial charge in [0, 0.05) is 6.54 Å². The van der Waals surface area contributed by atoms with Crippen molar-refractivity contribution in [3.8, 4) is 5.75 Å². The Kier molecular flexibility index (Phi) is 4.84. The molecule has 0 fully saturated rings. The van der Waals surface area contributed by atoms with E-state index in [0.717, 1.165) is 0 Å². The second-order valence-electron chi connectivity index (χ2n) is 4.22. The fourth-order valence-electron chi connectivity index (χ4n) is 1.74. The maximum atomic E-state index is 12.4. The fourth-order valence-corrected chi connectivity index (χ4v) is 1.74. The van der Waals surface area contributed by atoms with E-state index in [-0.39, 0.29) is 18.0 Å².